The highest BCUT2D eigenvalue weighted by Gasteiger charge is 2.24. The second-order valence-electron chi connectivity index (χ2n) is 4.61. The molecule has 0 radical (unpaired) electrons. The summed E-state index contributed by atoms with van der Waals surface area (Å²) in [5.74, 6) is 0.676. The molecular formula is C13H15FN4. The summed E-state index contributed by atoms with van der Waals surface area (Å²) in [6.07, 6.45) is 3.41. The normalized spacial score (nSPS) is 18.0. The Labute approximate surface area is 105 Å². The molecule has 0 aliphatic heterocycles. The van der Waals surface area contributed by atoms with E-state index in [0.717, 1.165) is 29.8 Å². The number of aromatic nitrogens is 3. The van der Waals surface area contributed by atoms with Crippen LogP contribution in [0.15, 0.2) is 24.5 Å². The van der Waals surface area contributed by atoms with E-state index in [2.05, 4.69) is 15.4 Å². The third-order valence-electron chi connectivity index (χ3n) is 3.37. The van der Waals surface area contributed by atoms with Gasteiger partial charge in [0, 0.05) is 13.1 Å². The highest BCUT2D eigenvalue weighted by molar-refractivity contribution is 5.35. The van der Waals surface area contributed by atoms with Crippen molar-refractivity contribution in [2.24, 2.45) is 7.05 Å². The lowest BCUT2D eigenvalue weighted by Crippen LogP contribution is -2.19. The highest BCUT2D eigenvalue weighted by Crippen LogP contribution is 2.32. The van der Waals surface area contributed by atoms with Crippen molar-refractivity contribution in [2.45, 2.75) is 25.4 Å². The third kappa shape index (κ3) is 2.01. The maximum Gasteiger partial charge on any atom is 0.164 e. The molecule has 1 atom stereocenters. The zero-order valence-corrected chi connectivity index (χ0v) is 10.2. The van der Waals surface area contributed by atoms with Crippen LogP contribution in [0.1, 0.15) is 29.4 Å². The molecule has 18 heavy (non-hydrogen) atoms. The molecule has 4 nitrogen and oxygen atoms in total. The molecule has 1 heterocycles. The van der Waals surface area contributed by atoms with Crippen LogP contribution in [0.4, 0.5) is 4.39 Å². The van der Waals surface area contributed by atoms with Gasteiger partial charge in [0.1, 0.15) is 12.1 Å². The van der Waals surface area contributed by atoms with Crippen molar-refractivity contribution in [2.75, 3.05) is 0 Å². The minimum Gasteiger partial charge on any atom is -0.303 e. The predicted octanol–water partition coefficient (Wildman–Crippen LogP) is 1.73. The van der Waals surface area contributed by atoms with Crippen LogP contribution in [0.5, 0.6) is 0 Å². The number of aryl methyl sites for hydroxylation is 1. The molecule has 0 fully saturated rings. The van der Waals surface area contributed by atoms with E-state index >= 15 is 0 Å². The van der Waals surface area contributed by atoms with Crippen molar-refractivity contribution in [3.63, 3.8) is 0 Å². The number of hydrogen-bond donors (Lipinski definition) is 1. The number of halogens is 1. The summed E-state index contributed by atoms with van der Waals surface area (Å²) >= 11 is 0. The van der Waals surface area contributed by atoms with Gasteiger partial charge in [0.05, 0.1) is 6.54 Å². The van der Waals surface area contributed by atoms with Gasteiger partial charge in [0.25, 0.3) is 0 Å². The molecule has 5 heteroatoms. The van der Waals surface area contributed by atoms with Gasteiger partial charge in [-0.25, -0.2) is 9.37 Å². The van der Waals surface area contributed by atoms with Gasteiger partial charge in [-0.3, -0.25) is 4.68 Å². The number of nitrogens with zero attached hydrogens (tertiary/aromatic N) is 3. The molecule has 1 aromatic heterocycles. The Kier molecular flexibility index (Phi) is 2.83. The van der Waals surface area contributed by atoms with Crippen molar-refractivity contribution in [3.05, 3.63) is 47.3 Å². The van der Waals surface area contributed by atoms with Crippen LogP contribution in [0.25, 0.3) is 0 Å². The van der Waals surface area contributed by atoms with Gasteiger partial charge >= 0.3 is 0 Å². The summed E-state index contributed by atoms with van der Waals surface area (Å²) in [6, 6.07) is 5.50. The Morgan fingerprint density at radius 1 is 1.50 bits per heavy atom. The quantitative estimate of drug-likeness (QED) is 0.897. The molecule has 94 valence electrons. The average molecular weight is 246 g/mol. The van der Waals surface area contributed by atoms with Crippen LogP contribution < -0.4 is 5.32 Å². The number of fused-ring (bicyclic) bond motifs is 1. The summed E-state index contributed by atoms with van der Waals surface area (Å²) in [5.41, 5.74) is 1.93. The molecule has 3 rings (SSSR count). The van der Waals surface area contributed by atoms with Gasteiger partial charge < -0.3 is 5.32 Å². The minimum absolute atomic E-state index is 0.0900. The molecule has 1 N–H and O–H groups in total. The molecule has 1 unspecified atom stereocenters. The largest absolute Gasteiger partial charge is 0.303 e. The van der Waals surface area contributed by atoms with Crippen LogP contribution in [0, 0.1) is 5.82 Å². The van der Waals surface area contributed by atoms with Crippen molar-refractivity contribution >= 4 is 0 Å². The van der Waals surface area contributed by atoms with E-state index in [1.807, 2.05) is 13.1 Å². The van der Waals surface area contributed by atoms with Crippen LogP contribution in [-0.2, 0) is 20.0 Å². The number of nitrogens with one attached hydrogen (secondary N) is 1. The first-order chi connectivity index (χ1) is 8.74. The standard InChI is InChI=1S/C13H15FN4/c1-18-8-16-13(17-18)7-15-12-6-5-9-10(12)3-2-4-11(9)14/h2-4,8,12,15H,5-7H2,1H3. The first-order valence-electron chi connectivity index (χ1n) is 6.09. The first kappa shape index (κ1) is 11.3. The Balaban J connectivity index is 1.71. The predicted molar refractivity (Wildman–Crippen MR) is 65.3 cm³/mol. The van der Waals surface area contributed by atoms with E-state index in [1.165, 1.54) is 6.07 Å². The summed E-state index contributed by atoms with van der Waals surface area (Å²) < 4.78 is 15.3. The minimum atomic E-state index is -0.0900. The van der Waals surface area contributed by atoms with E-state index in [1.54, 1.807) is 17.1 Å². The maximum atomic E-state index is 13.6. The zero-order chi connectivity index (χ0) is 12.5. The van der Waals surface area contributed by atoms with E-state index in [-0.39, 0.29) is 11.9 Å². The van der Waals surface area contributed by atoms with E-state index < -0.39 is 0 Å². The molecule has 2 aromatic rings. The smallest absolute Gasteiger partial charge is 0.164 e. The van der Waals surface area contributed by atoms with E-state index in [9.17, 15) is 4.39 Å². The van der Waals surface area contributed by atoms with Gasteiger partial charge in [0.15, 0.2) is 5.82 Å². The number of rotatable bonds is 3. The van der Waals surface area contributed by atoms with Crippen LogP contribution in [0.2, 0.25) is 0 Å². The van der Waals surface area contributed by atoms with Crippen molar-refractivity contribution in [1.82, 2.24) is 20.1 Å². The lowest BCUT2D eigenvalue weighted by molar-refractivity contribution is 0.517. The molecule has 0 spiro atoms. The second kappa shape index (κ2) is 4.49. The zero-order valence-electron chi connectivity index (χ0n) is 10.2. The Hall–Kier alpha value is -1.75. The summed E-state index contributed by atoms with van der Waals surface area (Å²) in [6.45, 7) is 0.613. The third-order valence-corrected chi connectivity index (χ3v) is 3.37. The molecule has 0 saturated heterocycles. The fraction of sp³-hybridized carbons (Fsp3) is 0.385. The van der Waals surface area contributed by atoms with E-state index in [4.69, 9.17) is 0 Å². The lowest BCUT2D eigenvalue weighted by Gasteiger charge is -2.12. The van der Waals surface area contributed by atoms with E-state index in [0.29, 0.717) is 6.54 Å². The SMILES string of the molecule is Cn1cnc(CNC2CCc3c(F)cccc32)n1. The molecule has 0 saturated carbocycles. The molecular weight excluding hydrogens is 231 g/mol. The van der Waals surface area contributed by atoms with Gasteiger partial charge in [-0.2, -0.15) is 5.10 Å². The number of benzene rings is 1. The van der Waals surface area contributed by atoms with Crippen LogP contribution in [-0.4, -0.2) is 14.8 Å². The molecule has 0 amide bonds. The van der Waals surface area contributed by atoms with Crippen molar-refractivity contribution in [3.8, 4) is 0 Å². The second-order valence-corrected chi connectivity index (χ2v) is 4.61. The fourth-order valence-corrected chi connectivity index (χ4v) is 2.50. The molecule has 1 aliphatic carbocycles. The topological polar surface area (TPSA) is 42.7 Å². The summed E-state index contributed by atoms with van der Waals surface area (Å²) in [4.78, 5) is 4.17. The Morgan fingerprint density at radius 2 is 2.39 bits per heavy atom. The van der Waals surface area contributed by atoms with Crippen LogP contribution >= 0.6 is 0 Å². The van der Waals surface area contributed by atoms with Crippen molar-refractivity contribution < 1.29 is 4.39 Å². The van der Waals surface area contributed by atoms with Gasteiger partial charge in [-0.15, -0.1) is 0 Å². The lowest BCUT2D eigenvalue weighted by atomic mass is 10.1. The number of hydrogen-bond acceptors (Lipinski definition) is 3. The molecule has 1 aromatic carbocycles. The Morgan fingerprint density at radius 3 is 3.17 bits per heavy atom. The molecule has 1 aliphatic rings. The monoisotopic (exact) mass is 246 g/mol. The summed E-state index contributed by atoms with van der Waals surface area (Å²) in [5, 5.41) is 7.60. The Bertz CT molecular complexity index is 564. The van der Waals surface area contributed by atoms with Crippen LogP contribution in [0.3, 0.4) is 0 Å². The first-order valence-corrected chi connectivity index (χ1v) is 6.09. The van der Waals surface area contributed by atoms with Gasteiger partial charge in [-0.05, 0) is 30.0 Å². The summed E-state index contributed by atoms with van der Waals surface area (Å²) in [7, 11) is 1.84. The average Bonchev–Trinajstić information content (AvgIpc) is 2.94. The maximum absolute atomic E-state index is 13.6. The fourth-order valence-electron chi connectivity index (χ4n) is 2.50. The highest BCUT2D eigenvalue weighted by atomic mass is 19.1. The van der Waals surface area contributed by atoms with Gasteiger partial charge in [-0.1, -0.05) is 12.1 Å². The molecule has 0 bridgehead atoms. The van der Waals surface area contributed by atoms with Crippen molar-refractivity contribution in [1.29, 1.82) is 0 Å². The van der Waals surface area contributed by atoms with Gasteiger partial charge in [0.2, 0.25) is 0 Å².